The molecule has 1 atom stereocenters. The Labute approximate surface area is 147 Å². The number of hydrogen-bond donors (Lipinski definition) is 0. The first kappa shape index (κ1) is 17.4. The molecule has 5 heteroatoms. The number of nitrogens with zero attached hydrogens (tertiary/aromatic N) is 1. The van der Waals surface area contributed by atoms with Gasteiger partial charge in [0.2, 0.25) is 0 Å². The Morgan fingerprint density at radius 3 is 2.55 bits per heavy atom. The summed E-state index contributed by atoms with van der Waals surface area (Å²) in [5, 5.41) is 1.09. The summed E-state index contributed by atoms with van der Waals surface area (Å²) in [5.74, 6) is 0.788. The second-order valence-corrected chi connectivity index (χ2v) is 6.14. The molecular formula is C17H18Cl3NO. The standard InChI is InChI=1S/C17H17Cl2NO.ClH/c18-16-7-6-14(10-17(16)19)21-15-8-9-20(12-15)11-13-4-2-1-3-5-13;/h1-7,10,15H,8-9,11-12H2;1H. The van der Waals surface area contributed by atoms with Crippen LogP contribution in [0.25, 0.3) is 0 Å². The van der Waals surface area contributed by atoms with Gasteiger partial charge in [-0.15, -0.1) is 12.4 Å². The number of halogens is 3. The van der Waals surface area contributed by atoms with Gasteiger partial charge in [-0.05, 0) is 24.1 Å². The molecule has 1 fully saturated rings. The van der Waals surface area contributed by atoms with Crippen LogP contribution in [-0.4, -0.2) is 24.1 Å². The lowest BCUT2D eigenvalue weighted by atomic mass is 10.2. The summed E-state index contributed by atoms with van der Waals surface area (Å²) in [6, 6.07) is 15.9. The van der Waals surface area contributed by atoms with E-state index in [9.17, 15) is 0 Å². The maximum Gasteiger partial charge on any atom is 0.121 e. The van der Waals surface area contributed by atoms with E-state index in [-0.39, 0.29) is 18.5 Å². The molecule has 0 bridgehead atoms. The molecule has 0 spiro atoms. The first-order valence-electron chi connectivity index (χ1n) is 7.09. The van der Waals surface area contributed by atoms with Gasteiger partial charge in [0.25, 0.3) is 0 Å². The van der Waals surface area contributed by atoms with Crippen molar-refractivity contribution >= 4 is 35.6 Å². The zero-order valence-electron chi connectivity index (χ0n) is 12.0. The molecule has 0 aliphatic carbocycles. The minimum absolute atomic E-state index is 0. The van der Waals surface area contributed by atoms with E-state index in [2.05, 4.69) is 29.2 Å². The van der Waals surface area contributed by atoms with Crippen molar-refractivity contribution in [1.82, 2.24) is 4.90 Å². The summed E-state index contributed by atoms with van der Waals surface area (Å²) in [5.41, 5.74) is 1.34. The van der Waals surface area contributed by atoms with Gasteiger partial charge in [-0.2, -0.15) is 0 Å². The molecule has 2 aromatic rings. The van der Waals surface area contributed by atoms with Crippen molar-refractivity contribution in [3.05, 3.63) is 64.1 Å². The Kier molecular flexibility index (Phi) is 6.39. The molecule has 118 valence electrons. The van der Waals surface area contributed by atoms with Crippen molar-refractivity contribution in [2.24, 2.45) is 0 Å². The van der Waals surface area contributed by atoms with Crippen molar-refractivity contribution in [3.8, 4) is 5.75 Å². The van der Waals surface area contributed by atoms with Crippen LogP contribution in [0.15, 0.2) is 48.5 Å². The monoisotopic (exact) mass is 357 g/mol. The average Bonchev–Trinajstić information content (AvgIpc) is 2.91. The topological polar surface area (TPSA) is 12.5 Å². The van der Waals surface area contributed by atoms with Crippen LogP contribution >= 0.6 is 35.6 Å². The summed E-state index contributed by atoms with van der Waals surface area (Å²) in [7, 11) is 0. The van der Waals surface area contributed by atoms with Crippen LogP contribution in [0.2, 0.25) is 10.0 Å². The normalized spacial score (nSPS) is 18.0. The van der Waals surface area contributed by atoms with Crippen LogP contribution in [0.5, 0.6) is 5.75 Å². The Morgan fingerprint density at radius 2 is 1.82 bits per heavy atom. The van der Waals surface area contributed by atoms with Gasteiger partial charge in [0.05, 0.1) is 10.0 Å². The Morgan fingerprint density at radius 1 is 1.05 bits per heavy atom. The lowest BCUT2D eigenvalue weighted by molar-refractivity contribution is 0.198. The molecule has 22 heavy (non-hydrogen) atoms. The lowest BCUT2D eigenvalue weighted by Gasteiger charge is -2.17. The van der Waals surface area contributed by atoms with Gasteiger partial charge >= 0.3 is 0 Å². The van der Waals surface area contributed by atoms with E-state index in [1.165, 1.54) is 5.56 Å². The van der Waals surface area contributed by atoms with Gasteiger partial charge in [-0.25, -0.2) is 0 Å². The maximum absolute atomic E-state index is 6.01. The molecule has 0 saturated carbocycles. The highest BCUT2D eigenvalue weighted by Crippen LogP contribution is 2.28. The fraction of sp³-hybridized carbons (Fsp3) is 0.294. The van der Waals surface area contributed by atoms with Crippen LogP contribution in [0, 0.1) is 0 Å². The zero-order chi connectivity index (χ0) is 14.7. The minimum atomic E-state index is 0. The third-order valence-corrected chi connectivity index (χ3v) is 4.41. The fourth-order valence-electron chi connectivity index (χ4n) is 2.62. The van der Waals surface area contributed by atoms with E-state index >= 15 is 0 Å². The molecule has 2 aromatic carbocycles. The predicted octanol–water partition coefficient (Wildman–Crippen LogP) is 5.07. The average molecular weight is 359 g/mol. The largest absolute Gasteiger partial charge is 0.489 e. The molecular weight excluding hydrogens is 341 g/mol. The van der Waals surface area contributed by atoms with E-state index in [1.807, 2.05) is 12.1 Å². The van der Waals surface area contributed by atoms with Gasteiger partial charge in [-0.3, -0.25) is 4.90 Å². The van der Waals surface area contributed by atoms with Gasteiger partial charge < -0.3 is 4.74 Å². The van der Waals surface area contributed by atoms with Gasteiger partial charge in [-0.1, -0.05) is 53.5 Å². The number of benzene rings is 2. The highest BCUT2D eigenvalue weighted by molar-refractivity contribution is 6.42. The van der Waals surface area contributed by atoms with Crippen LogP contribution in [0.3, 0.4) is 0 Å². The molecule has 1 unspecified atom stereocenters. The Bertz CT molecular complexity index is 606. The molecule has 0 amide bonds. The SMILES string of the molecule is Cl.Clc1ccc(OC2CCN(Cc3ccccc3)C2)cc1Cl. The van der Waals surface area contributed by atoms with E-state index in [1.54, 1.807) is 12.1 Å². The number of likely N-dealkylation sites (tertiary alicyclic amines) is 1. The highest BCUT2D eigenvalue weighted by Gasteiger charge is 2.24. The summed E-state index contributed by atoms with van der Waals surface area (Å²) >= 11 is 11.9. The number of ether oxygens (including phenoxy) is 1. The molecule has 0 aromatic heterocycles. The first-order chi connectivity index (χ1) is 10.2. The molecule has 2 nitrogen and oxygen atoms in total. The molecule has 1 aliphatic heterocycles. The third kappa shape index (κ3) is 4.53. The summed E-state index contributed by atoms with van der Waals surface area (Å²) < 4.78 is 5.99. The fourth-order valence-corrected chi connectivity index (χ4v) is 2.91. The Hall–Kier alpha value is -0.930. The summed E-state index contributed by atoms with van der Waals surface area (Å²) in [6.07, 6.45) is 1.25. The minimum Gasteiger partial charge on any atom is -0.489 e. The van der Waals surface area contributed by atoms with E-state index in [0.29, 0.717) is 10.0 Å². The van der Waals surface area contributed by atoms with Crippen LogP contribution < -0.4 is 4.74 Å². The third-order valence-electron chi connectivity index (χ3n) is 3.67. The quantitative estimate of drug-likeness (QED) is 0.756. The molecule has 3 rings (SSSR count). The summed E-state index contributed by atoms with van der Waals surface area (Å²) in [6.45, 7) is 2.97. The van der Waals surface area contributed by atoms with E-state index < -0.39 is 0 Å². The second-order valence-electron chi connectivity index (χ2n) is 5.33. The van der Waals surface area contributed by atoms with Crippen LogP contribution in [0.1, 0.15) is 12.0 Å². The zero-order valence-corrected chi connectivity index (χ0v) is 14.4. The highest BCUT2D eigenvalue weighted by atomic mass is 35.5. The lowest BCUT2D eigenvalue weighted by Crippen LogP contribution is -2.24. The van der Waals surface area contributed by atoms with Crippen LogP contribution in [-0.2, 0) is 6.54 Å². The van der Waals surface area contributed by atoms with Crippen molar-refractivity contribution in [3.63, 3.8) is 0 Å². The van der Waals surface area contributed by atoms with Gasteiger partial charge in [0, 0.05) is 25.7 Å². The molecule has 0 radical (unpaired) electrons. The van der Waals surface area contributed by atoms with Gasteiger partial charge in [0.1, 0.15) is 11.9 Å². The predicted molar refractivity (Wildman–Crippen MR) is 94.5 cm³/mol. The van der Waals surface area contributed by atoms with Crippen molar-refractivity contribution in [1.29, 1.82) is 0 Å². The molecule has 1 saturated heterocycles. The van der Waals surface area contributed by atoms with Crippen molar-refractivity contribution < 1.29 is 4.74 Å². The Balaban J connectivity index is 0.00000176. The first-order valence-corrected chi connectivity index (χ1v) is 7.84. The molecule has 1 aliphatic rings. The van der Waals surface area contributed by atoms with Crippen molar-refractivity contribution in [2.75, 3.05) is 13.1 Å². The smallest absolute Gasteiger partial charge is 0.121 e. The van der Waals surface area contributed by atoms with Crippen molar-refractivity contribution in [2.45, 2.75) is 19.1 Å². The summed E-state index contributed by atoms with van der Waals surface area (Å²) in [4.78, 5) is 2.41. The molecule has 0 N–H and O–H groups in total. The van der Waals surface area contributed by atoms with E-state index in [0.717, 1.165) is 31.8 Å². The van der Waals surface area contributed by atoms with Gasteiger partial charge in [0.15, 0.2) is 0 Å². The second kappa shape index (κ2) is 8.07. The number of hydrogen-bond acceptors (Lipinski definition) is 2. The maximum atomic E-state index is 6.01. The molecule has 1 heterocycles. The number of rotatable bonds is 4. The van der Waals surface area contributed by atoms with E-state index in [4.69, 9.17) is 27.9 Å². The van der Waals surface area contributed by atoms with Crippen LogP contribution in [0.4, 0.5) is 0 Å².